The van der Waals surface area contributed by atoms with E-state index in [1.54, 1.807) is 28.0 Å². The Morgan fingerprint density at radius 2 is 1.75 bits per heavy atom. The van der Waals surface area contributed by atoms with Gasteiger partial charge < -0.3 is 15.5 Å². The number of hydrogen-bond donors (Lipinski definition) is 1. The molecule has 134 valence electrons. The fourth-order valence-corrected chi connectivity index (χ4v) is 2.89. The number of hydrogen-bond acceptors (Lipinski definition) is 3. The van der Waals surface area contributed by atoms with E-state index in [1.807, 2.05) is 6.92 Å². The van der Waals surface area contributed by atoms with Crippen LogP contribution in [0.15, 0.2) is 18.2 Å². The van der Waals surface area contributed by atoms with Gasteiger partial charge in [-0.2, -0.15) is 0 Å². The first-order chi connectivity index (χ1) is 10.9. The third kappa shape index (κ3) is 5.24. The van der Waals surface area contributed by atoms with E-state index < -0.39 is 0 Å². The number of rotatable bonds is 4. The summed E-state index contributed by atoms with van der Waals surface area (Å²) in [4.78, 5) is 28.1. The Morgan fingerprint density at radius 3 is 2.33 bits per heavy atom. The molecule has 1 atom stereocenters. The molecule has 2 rings (SSSR count). The lowest BCUT2D eigenvalue weighted by Crippen LogP contribution is -2.50. The van der Waals surface area contributed by atoms with E-state index in [1.165, 1.54) is 0 Å². The fraction of sp³-hybridized carbons (Fsp3) is 0.500. The Labute approximate surface area is 158 Å². The first-order valence-corrected chi connectivity index (χ1v) is 8.42. The van der Waals surface area contributed by atoms with Gasteiger partial charge in [-0.25, -0.2) is 0 Å². The Morgan fingerprint density at radius 1 is 1.17 bits per heavy atom. The molecule has 1 aromatic carbocycles. The van der Waals surface area contributed by atoms with Crippen molar-refractivity contribution in [2.45, 2.75) is 25.8 Å². The van der Waals surface area contributed by atoms with Crippen LogP contribution in [0.2, 0.25) is 10.0 Å². The Balaban J connectivity index is 0.00000288. The molecular weight excluding hydrogens is 373 g/mol. The molecule has 1 unspecified atom stereocenters. The summed E-state index contributed by atoms with van der Waals surface area (Å²) in [6.07, 6.45) is 1.13. The van der Waals surface area contributed by atoms with Crippen LogP contribution in [0.25, 0.3) is 0 Å². The molecule has 1 saturated heterocycles. The van der Waals surface area contributed by atoms with E-state index in [-0.39, 0.29) is 35.3 Å². The molecule has 0 aliphatic carbocycles. The third-order valence-corrected chi connectivity index (χ3v) is 4.73. The summed E-state index contributed by atoms with van der Waals surface area (Å²) in [5.41, 5.74) is 6.07. The molecule has 8 heteroatoms. The molecule has 1 heterocycles. The van der Waals surface area contributed by atoms with Gasteiger partial charge in [-0.1, -0.05) is 29.3 Å². The van der Waals surface area contributed by atoms with Crippen LogP contribution < -0.4 is 5.73 Å². The van der Waals surface area contributed by atoms with Crippen LogP contribution in [0.1, 0.15) is 30.1 Å². The largest absolute Gasteiger partial charge is 0.339 e. The highest BCUT2D eigenvalue weighted by Gasteiger charge is 2.26. The van der Waals surface area contributed by atoms with Gasteiger partial charge in [-0.05, 0) is 25.5 Å². The lowest BCUT2D eigenvalue weighted by molar-refractivity contribution is -0.132. The van der Waals surface area contributed by atoms with Crippen molar-refractivity contribution in [3.05, 3.63) is 33.8 Å². The molecule has 0 saturated carbocycles. The SMILES string of the molecule is CC(N)CCC(=O)N1CCN(C(=O)c2cccc(Cl)c2Cl)CC1.Cl. The number of halogens is 3. The van der Waals surface area contributed by atoms with Gasteiger partial charge in [-0.15, -0.1) is 12.4 Å². The van der Waals surface area contributed by atoms with E-state index in [0.717, 1.165) is 0 Å². The van der Waals surface area contributed by atoms with Crippen LogP contribution in [-0.4, -0.2) is 53.8 Å². The standard InChI is InChI=1S/C16H21Cl2N3O2.ClH/c1-11(19)5-6-14(22)20-7-9-21(10-8-20)16(23)12-3-2-4-13(17)15(12)18;/h2-4,11H,5-10,19H2,1H3;1H. The number of nitrogens with zero attached hydrogens (tertiary/aromatic N) is 2. The van der Waals surface area contributed by atoms with Crippen LogP contribution in [0, 0.1) is 0 Å². The zero-order chi connectivity index (χ0) is 17.0. The third-order valence-electron chi connectivity index (χ3n) is 3.92. The van der Waals surface area contributed by atoms with Crippen LogP contribution in [0.4, 0.5) is 0 Å². The smallest absolute Gasteiger partial charge is 0.255 e. The number of carbonyl (C=O) groups is 2. The van der Waals surface area contributed by atoms with Crippen molar-refractivity contribution < 1.29 is 9.59 Å². The molecule has 1 aliphatic heterocycles. The highest BCUT2D eigenvalue weighted by atomic mass is 35.5. The molecule has 0 bridgehead atoms. The van der Waals surface area contributed by atoms with Gasteiger partial charge in [0.25, 0.3) is 5.91 Å². The monoisotopic (exact) mass is 393 g/mol. The van der Waals surface area contributed by atoms with E-state index in [4.69, 9.17) is 28.9 Å². The van der Waals surface area contributed by atoms with Crippen molar-refractivity contribution >= 4 is 47.4 Å². The summed E-state index contributed by atoms with van der Waals surface area (Å²) in [6, 6.07) is 5.04. The van der Waals surface area contributed by atoms with Crippen molar-refractivity contribution in [2.24, 2.45) is 5.73 Å². The predicted molar refractivity (Wildman–Crippen MR) is 99.1 cm³/mol. The van der Waals surface area contributed by atoms with Gasteiger partial charge in [0.2, 0.25) is 5.91 Å². The average Bonchev–Trinajstić information content (AvgIpc) is 2.54. The van der Waals surface area contributed by atoms with Crippen molar-refractivity contribution in [1.82, 2.24) is 9.80 Å². The minimum Gasteiger partial charge on any atom is -0.339 e. The molecule has 5 nitrogen and oxygen atoms in total. The maximum Gasteiger partial charge on any atom is 0.255 e. The van der Waals surface area contributed by atoms with Crippen LogP contribution in [0.3, 0.4) is 0 Å². The fourth-order valence-electron chi connectivity index (χ4n) is 2.51. The Kier molecular flexibility index (Phi) is 8.30. The second-order valence-corrected chi connectivity index (χ2v) is 6.58. The molecule has 1 aliphatic rings. The second-order valence-electron chi connectivity index (χ2n) is 5.79. The quantitative estimate of drug-likeness (QED) is 0.854. The second kappa shape index (κ2) is 9.47. The summed E-state index contributed by atoms with van der Waals surface area (Å²) in [5, 5.41) is 0.636. The number of benzene rings is 1. The van der Waals surface area contributed by atoms with Gasteiger partial charge in [-0.3, -0.25) is 9.59 Å². The molecule has 1 fully saturated rings. The Hall–Kier alpha value is -1.01. The van der Waals surface area contributed by atoms with Crippen LogP contribution >= 0.6 is 35.6 Å². The van der Waals surface area contributed by atoms with E-state index in [0.29, 0.717) is 49.6 Å². The topological polar surface area (TPSA) is 66.6 Å². The average molecular weight is 395 g/mol. The lowest BCUT2D eigenvalue weighted by Gasteiger charge is -2.35. The van der Waals surface area contributed by atoms with Crippen molar-refractivity contribution in [2.75, 3.05) is 26.2 Å². The van der Waals surface area contributed by atoms with Crippen LogP contribution in [0.5, 0.6) is 0 Å². The number of nitrogens with two attached hydrogens (primary N) is 1. The molecule has 2 amide bonds. The zero-order valence-corrected chi connectivity index (χ0v) is 15.8. The van der Waals surface area contributed by atoms with E-state index in [9.17, 15) is 9.59 Å². The van der Waals surface area contributed by atoms with Gasteiger partial charge in [0.05, 0.1) is 15.6 Å². The molecule has 24 heavy (non-hydrogen) atoms. The number of piperazine rings is 1. The van der Waals surface area contributed by atoms with Crippen molar-refractivity contribution in [1.29, 1.82) is 0 Å². The van der Waals surface area contributed by atoms with E-state index >= 15 is 0 Å². The molecule has 0 spiro atoms. The summed E-state index contributed by atoms with van der Waals surface area (Å²) in [7, 11) is 0. The normalized spacial score (nSPS) is 15.7. The maximum absolute atomic E-state index is 12.5. The number of amides is 2. The van der Waals surface area contributed by atoms with Gasteiger partial charge in [0, 0.05) is 38.6 Å². The minimum atomic E-state index is -0.153. The molecule has 0 radical (unpaired) electrons. The summed E-state index contributed by atoms with van der Waals surface area (Å²) in [6.45, 7) is 3.93. The van der Waals surface area contributed by atoms with Gasteiger partial charge >= 0.3 is 0 Å². The highest BCUT2D eigenvalue weighted by Crippen LogP contribution is 2.26. The molecular formula is C16H22Cl3N3O2. The molecule has 2 N–H and O–H groups in total. The summed E-state index contributed by atoms with van der Waals surface area (Å²) in [5.74, 6) is -0.0598. The zero-order valence-electron chi connectivity index (χ0n) is 13.5. The predicted octanol–water partition coefficient (Wildman–Crippen LogP) is 2.83. The molecule has 1 aromatic rings. The van der Waals surface area contributed by atoms with Crippen molar-refractivity contribution in [3.8, 4) is 0 Å². The molecule has 0 aromatic heterocycles. The Bertz CT molecular complexity index is 588. The van der Waals surface area contributed by atoms with E-state index in [2.05, 4.69) is 0 Å². The summed E-state index contributed by atoms with van der Waals surface area (Å²) < 4.78 is 0. The highest BCUT2D eigenvalue weighted by molar-refractivity contribution is 6.43. The number of carbonyl (C=O) groups excluding carboxylic acids is 2. The van der Waals surface area contributed by atoms with Crippen molar-refractivity contribution in [3.63, 3.8) is 0 Å². The summed E-state index contributed by atoms with van der Waals surface area (Å²) >= 11 is 12.1. The van der Waals surface area contributed by atoms with Gasteiger partial charge in [0.1, 0.15) is 0 Å². The first kappa shape index (κ1) is 21.0. The lowest BCUT2D eigenvalue weighted by atomic mass is 10.1. The first-order valence-electron chi connectivity index (χ1n) is 7.66. The van der Waals surface area contributed by atoms with Gasteiger partial charge in [0.15, 0.2) is 0 Å². The minimum absolute atomic E-state index is 0. The maximum atomic E-state index is 12.5. The van der Waals surface area contributed by atoms with Crippen LogP contribution in [-0.2, 0) is 4.79 Å².